The van der Waals surface area contributed by atoms with Crippen LogP contribution in [0.2, 0.25) is 0 Å². The second-order valence-corrected chi connectivity index (χ2v) is 5.71. The van der Waals surface area contributed by atoms with Crippen molar-refractivity contribution >= 4 is 17.7 Å². The van der Waals surface area contributed by atoms with Gasteiger partial charge in [-0.25, -0.2) is 0 Å². The third kappa shape index (κ3) is 6.91. The minimum absolute atomic E-state index is 0.410. The van der Waals surface area contributed by atoms with E-state index in [9.17, 15) is 0 Å². The van der Waals surface area contributed by atoms with E-state index in [-0.39, 0.29) is 0 Å². The number of hydrogen-bond acceptors (Lipinski definition) is 7. The van der Waals surface area contributed by atoms with Gasteiger partial charge in [-0.15, -0.1) is 0 Å². The van der Waals surface area contributed by atoms with Gasteiger partial charge in [0, 0.05) is 18.8 Å². The molecule has 0 saturated heterocycles. The Hall–Kier alpha value is -1.08. The lowest BCUT2D eigenvalue weighted by molar-refractivity contribution is 0.288. The summed E-state index contributed by atoms with van der Waals surface area (Å²) in [6.45, 7) is 6.62. The van der Waals surface area contributed by atoms with Gasteiger partial charge in [0.15, 0.2) is 5.16 Å². The number of anilines is 1. The van der Waals surface area contributed by atoms with Crippen molar-refractivity contribution in [3.05, 3.63) is 0 Å². The molecule has 1 N–H and O–H groups in total. The van der Waals surface area contributed by atoms with Crippen LogP contribution in [0.1, 0.15) is 26.7 Å². The van der Waals surface area contributed by atoms with E-state index in [4.69, 9.17) is 4.74 Å². The standard InChI is InChI=1S/C13H25N5OS/c1-5-7-14-11-15-12(19-9-6-2)17-13(16-11)20-10-8-18(3)4/h5-10H2,1-4H3,(H,14,15,16,17). The van der Waals surface area contributed by atoms with Crippen LogP contribution in [0, 0.1) is 0 Å². The normalized spacial score (nSPS) is 10.8. The fraction of sp³-hybridized carbons (Fsp3) is 0.769. The SMILES string of the molecule is CCCNc1nc(OCCC)nc(SCCN(C)C)n1. The molecule has 0 unspecified atom stereocenters. The highest BCUT2D eigenvalue weighted by Crippen LogP contribution is 2.17. The predicted octanol–water partition coefficient (Wildman–Crippen LogP) is 2.14. The van der Waals surface area contributed by atoms with Crippen LogP contribution in [0.5, 0.6) is 6.01 Å². The van der Waals surface area contributed by atoms with E-state index >= 15 is 0 Å². The lowest BCUT2D eigenvalue weighted by Crippen LogP contribution is -2.15. The minimum Gasteiger partial charge on any atom is -0.463 e. The van der Waals surface area contributed by atoms with Gasteiger partial charge < -0.3 is 15.0 Å². The molecule has 1 aromatic heterocycles. The van der Waals surface area contributed by atoms with Crippen molar-refractivity contribution in [1.29, 1.82) is 0 Å². The first-order chi connectivity index (χ1) is 9.65. The molecule has 0 saturated carbocycles. The molecule has 0 atom stereocenters. The second-order valence-electron chi connectivity index (χ2n) is 4.65. The molecule has 6 nitrogen and oxygen atoms in total. The van der Waals surface area contributed by atoms with E-state index in [1.807, 2.05) is 0 Å². The van der Waals surface area contributed by atoms with Crippen LogP contribution >= 0.6 is 11.8 Å². The maximum Gasteiger partial charge on any atom is 0.322 e. The fourth-order valence-corrected chi connectivity index (χ4v) is 2.23. The Balaban J connectivity index is 2.68. The molecule has 0 aliphatic heterocycles. The van der Waals surface area contributed by atoms with Crippen LogP contribution in [0.15, 0.2) is 5.16 Å². The molecule has 0 fully saturated rings. The average Bonchev–Trinajstić information content (AvgIpc) is 2.42. The lowest BCUT2D eigenvalue weighted by atomic mass is 10.5. The summed E-state index contributed by atoms with van der Waals surface area (Å²) < 4.78 is 5.52. The van der Waals surface area contributed by atoms with E-state index in [2.05, 4.69) is 53.1 Å². The number of ether oxygens (including phenoxy) is 1. The van der Waals surface area contributed by atoms with Crippen molar-refractivity contribution in [1.82, 2.24) is 19.9 Å². The third-order valence-corrected chi connectivity index (χ3v) is 3.16. The molecule has 0 spiro atoms. The number of nitrogens with zero attached hydrogens (tertiary/aromatic N) is 4. The van der Waals surface area contributed by atoms with Gasteiger partial charge in [0.25, 0.3) is 0 Å². The summed E-state index contributed by atoms with van der Waals surface area (Å²) in [4.78, 5) is 15.2. The molecule has 7 heteroatoms. The Labute approximate surface area is 125 Å². The smallest absolute Gasteiger partial charge is 0.322 e. The van der Waals surface area contributed by atoms with Gasteiger partial charge >= 0.3 is 6.01 Å². The summed E-state index contributed by atoms with van der Waals surface area (Å²) in [7, 11) is 4.11. The number of thioether (sulfide) groups is 1. The van der Waals surface area contributed by atoms with Crippen molar-refractivity contribution < 1.29 is 4.74 Å². The molecule has 1 aromatic rings. The van der Waals surface area contributed by atoms with Gasteiger partial charge in [0.05, 0.1) is 6.61 Å². The highest BCUT2D eigenvalue weighted by atomic mass is 32.2. The molecule has 1 rings (SSSR count). The lowest BCUT2D eigenvalue weighted by Gasteiger charge is -2.10. The number of rotatable bonds is 10. The van der Waals surface area contributed by atoms with Crippen molar-refractivity contribution in [2.45, 2.75) is 31.8 Å². The Bertz CT molecular complexity index is 363. The Morgan fingerprint density at radius 1 is 1.15 bits per heavy atom. The summed E-state index contributed by atoms with van der Waals surface area (Å²) in [6.07, 6.45) is 1.96. The van der Waals surface area contributed by atoms with Gasteiger partial charge in [-0.05, 0) is 26.9 Å². The third-order valence-electron chi connectivity index (χ3n) is 2.33. The Morgan fingerprint density at radius 3 is 2.60 bits per heavy atom. The maximum atomic E-state index is 5.52. The monoisotopic (exact) mass is 299 g/mol. The summed E-state index contributed by atoms with van der Waals surface area (Å²) in [5, 5.41) is 3.90. The number of hydrogen-bond donors (Lipinski definition) is 1. The highest BCUT2D eigenvalue weighted by molar-refractivity contribution is 7.99. The van der Waals surface area contributed by atoms with Gasteiger partial charge in [-0.2, -0.15) is 15.0 Å². The molecule has 0 aliphatic rings. The highest BCUT2D eigenvalue weighted by Gasteiger charge is 2.08. The molecule has 20 heavy (non-hydrogen) atoms. The molecule has 0 aliphatic carbocycles. The van der Waals surface area contributed by atoms with E-state index in [0.29, 0.717) is 23.7 Å². The van der Waals surface area contributed by atoms with Gasteiger partial charge in [0.1, 0.15) is 0 Å². The Kier molecular flexibility index (Phi) is 8.29. The summed E-state index contributed by atoms with van der Waals surface area (Å²) in [5.41, 5.74) is 0. The molecule has 0 aromatic carbocycles. The zero-order chi connectivity index (χ0) is 14.8. The first-order valence-electron chi connectivity index (χ1n) is 7.06. The minimum atomic E-state index is 0.410. The Morgan fingerprint density at radius 2 is 1.95 bits per heavy atom. The molecule has 0 amide bonds. The summed E-state index contributed by atoms with van der Waals surface area (Å²) >= 11 is 1.62. The van der Waals surface area contributed by atoms with Crippen LogP contribution in [0.4, 0.5) is 5.95 Å². The molecule has 114 valence electrons. The van der Waals surface area contributed by atoms with E-state index in [1.54, 1.807) is 11.8 Å². The van der Waals surface area contributed by atoms with Gasteiger partial charge in [0.2, 0.25) is 5.95 Å². The first-order valence-corrected chi connectivity index (χ1v) is 8.04. The molecule has 0 radical (unpaired) electrons. The number of aromatic nitrogens is 3. The van der Waals surface area contributed by atoms with E-state index in [1.165, 1.54) is 0 Å². The summed E-state index contributed by atoms with van der Waals surface area (Å²) in [5.74, 6) is 1.54. The molecule has 1 heterocycles. The van der Waals surface area contributed by atoms with Crippen LogP contribution < -0.4 is 10.1 Å². The largest absolute Gasteiger partial charge is 0.463 e. The van der Waals surface area contributed by atoms with Crippen LogP contribution in [0.3, 0.4) is 0 Å². The zero-order valence-corrected chi connectivity index (χ0v) is 13.7. The second kappa shape index (κ2) is 9.77. The average molecular weight is 299 g/mol. The topological polar surface area (TPSA) is 63.2 Å². The maximum absolute atomic E-state index is 5.52. The molecule has 0 bridgehead atoms. The van der Waals surface area contributed by atoms with Crippen LogP contribution in [0.25, 0.3) is 0 Å². The van der Waals surface area contributed by atoms with Crippen LogP contribution in [-0.2, 0) is 0 Å². The van der Waals surface area contributed by atoms with Crippen molar-refractivity contribution in [2.24, 2.45) is 0 Å². The number of nitrogens with one attached hydrogen (secondary N) is 1. The van der Waals surface area contributed by atoms with Gasteiger partial charge in [-0.3, -0.25) is 0 Å². The quantitative estimate of drug-likeness (QED) is 0.664. The first kappa shape index (κ1) is 17.0. The summed E-state index contributed by atoms with van der Waals surface area (Å²) in [6, 6.07) is 0.410. The molecular formula is C13H25N5OS. The van der Waals surface area contributed by atoms with Gasteiger partial charge in [-0.1, -0.05) is 25.6 Å². The van der Waals surface area contributed by atoms with E-state index in [0.717, 1.165) is 31.7 Å². The zero-order valence-electron chi connectivity index (χ0n) is 12.8. The van der Waals surface area contributed by atoms with Crippen molar-refractivity contribution in [2.75, 3.05) is 44.9 Å². The van der Waals surface area contributed by atoms with Crippen LogP contribution in [-0.4, -0.2) is 59.4 Å². The molecular weight excluding hydrogens is 274 g/mol. The van der Waals surface area contributed by atoms with E-state index < -0.39 is 0 Å². The van der Waals surface area contributed by atoms with Crippen molar-refractivity contribution in [3.8, 4) is 6.01 Å². The fourth-order valence-electron chi connectivity index (χ4n) is 1.30. The predicted molar refractivity (Wildman–Crippen MR) is 83.7 cm³/mol. The van der Waals surface area contributed by atoms with Crippen molar-refractivity contribution in [3.63, 3.8) is 0 Å².